The number of fused-ring (bicyclic) bond motifs is 1. The van der Waals surface area contributed by atoms with E-state index in [0.717, 1.165) is 24.1 Å². The smallest absolute Gasteiger partial charge is 0.231 e. The van der Waals surface area contributed by atoms with Gasteiger partial charge in [-0.15, -0.1) is 0 Å². The molecule has 3 nitrogen and oxygen atoms in total. The summed E-state index contributed by atoms with van der Waals surface area (Å²) in [5, 5.41) is 3.12. The van der Waals surface area contributed by atoms with Crippen LogP contribution in [-0.2, 0) is 4.79 Å². The fraction of sp³-hybridized carbons (Fsp3) is 0.720. The molecule has 1 aromatic carbocycles. The van der Waals surface area contributed by atoms with E-state index in [4.69, 9.17) is 0 Å². The maximum absolute atomic E-state index is 12.2. The third-order valence-electron chi connectivity index (χ3n) is 7.83. The fourth-order valence-electron chi connectivity index (χ4n) is 6.19. The molecule has 3 unspecified atom stereocenters. The zero-order valence-electron chi connectivity index (χ0n) is 18.0. The molecule has 3 atom stereocenters. The molecular formula is C25H38N2O. The van der Waals surface area contributed by atoms with Gasteiger partial charge in [-0.1, -0.05) is 45.7 Å². The summed E-state index contributed by atoms with van der Waals surface area (Å²) >= 11 is 0. The molecule has 28 heavy (non-hydrogen) atoms. The van der Waals surface area contributed by atoms with Gasteiger partial charge in [0, 0.05) is 18.3 Å². The van der Waals surface area contributed by atoms with Gasteiger partial charge in [-0.2, -0.15) is 0 Å². The van der Waals surface area contributed by atoms with Gasteiger partial charge < -0.3 is 10.2 Å². The van der Waals surface area contributed by atoms with E-state index in [1.807, 2.05) is 0 Å². The van der Waals surface area contributed by atoms with Crippen LogP contribution in [0, 0.1) is 11.8 Å². The number of carbonyl (C=O) groups excluding carboxylic acids is 1. The number of benzene rings is 1. The Morgan fingerprint density at radius 3 is 2.57 bits per heavy atom. The molecule has 0 radical (unpaired) electrons. The van der Waals surface area contributed by atoms with Crippen LogP contribution in [-0.4, -0.2) is 29.9 Å². The molecule has 1 aromatic rings. The van der Waals surface area contributed by atoms with Gasteiger partial charge in [0.1, 0.15) is 0 Å². The van der Waals surface area contributed by atoms with E-state index in [0.29, 0.717) is 11.8 Å². The first kappa shape index (κ1) is 19.9. The van der Waals surface area contributed by atoms with E-state index < -0.39 is 0 Å². The average molecular weight is 383 g/mol. The summed E-state index contributed by atoms with van der Waals surface area (Å²) in [5.74, 6) is 2.52. The molecule has 1 N–H and O–H groups in total. The molecule has 154 valence electrons. The van der Waals surface area contributed by atoms with Gasteiger partial charge in [-0.25, -0.2) is 0 Å². The van der Waals surface area contributed by atoms with Crippen molar-refractivity contribution in [3.63, 3.8) is 0 Å². The third-order valence-corrected chi connectivity index (χ3v) is 7.83. The molecule has 0 spiro atoms. The molecule has 0 aromatic heterocycles. The Morgan fingerprint density at radius 2 is 1.89 bits per heavy atom. The summed E-state index contributed by atoms with van der Waals surface area (Å²) < 4.78 is 0. The van der Waals surface area contributed by atoms with E-state index in [-0.39, 0.29) is 11.8 Å². The van der Waals surface area contributed by atoms with Gasteiger partial charge in [0.25, 0.3) is 0 Å². The molecule has 1 amide bonds. The van der Waals surface area contributed by atoms with Gasteiger partial charge in [0.05, 0.1) is 5.92 Å². The van der Waals surface area contributed by atoms with E-state index in [1.165, 1.54) is 69.2 Å². The monoisotopic (exact) mass is 382 g/mol. The maximum atomic E-state index is 12.2. The number of nitrogens with zero attached hydrogens (tertiary/aromatic N) is 1. The van der Waals surface area contributed by atoms with Crippen molar-refractivity contribution in [3.05, 3.63) is 29.3 Å². The molecule has 3 heteroatoms. The number of likely N-dealkylation sites (tertiary alicyclic amines) is 1. The number of nitrogens with one attached hydrogen (secondary N) is 1. The van der Waals surface area contributed by atoms with Gasteiger partial charge in [0.15, 0.2) is 0 Å². The maximum Gasteiger partial charge on any atom is 0.231 e. The minimum absolute atomic E-state index is 0.0474. The highest BCUT2D eigenvalue weighted by Gasteiger charge is 2.34. The Kier molecular flexibility index (Phi) is 6.10. The standard InChI is InChI=1S/C25H38N2O/c1-4-6-18-7-10-20(11-8-18)27-14-13-22(17(3)16-27)19-9-12-23-21(5-2)25(28)26-24(23)15-19/h9,12,15,17-18,20-22H,4-8,10-11,13-14,16H2,1-3H3,(H,26,28). The molecular weight excluding hydrogens is 344 g/mol. The summed E-state index contributed by atoms with van der Waals surface area (Å²) in [5.41, 5.74) is 3.69. The minimum Gasteiger partial charge on any atom is -0.325 e. The SMILES string of the molecule is CCCC1CCC(N2CCC(c3ccc4c(c3)NC(=O)C4CC)C(C)C2)CC1. The van der Waals surface area contributed by atoms with Gasteiger partial charge >= 0.3 is 0 Å². The van der Waals surface area contributed by atoms with Crippen LogP contribution >= 0.6 is 0 Å². The average Bonchev–Trinajstić information content (AvgIpc) is 3.02. The Labute approximate surface area is 171 Å². The lowest BCUT2D eigenvalue weighted by Gasteiger charge is -2.43. The predicted molar refractivity (Wildman–Crippen MR) is 117 cm³/mol. The minimum atomic E-state index is 0.0474. The molecule has 3 aliphatic rings. The third kappa shape index (κ3) is 3.87. The highest BCUT2D eigenvalue weighted by molar-refractivity contribution is 6.02. The van der Waals surface area contributed by atoms with Crippen LogP contribution in [0.25, 0.3) is 0 Å². The molecule has 0 bridgehead atoms. The highest BCUT2D eigenvalue weighted by atomic mass is 16.2. The summed E-state index contributed by atoms with van der Waals surface area (Å²) in [4.78, 5) is 15.0. The Bertz CT molecular complexity index is 692. The van der Waals surface area contributed by atoms with Crippen molar-refractivity contribution >= 4 is 11.6 Å². The number of hydrogen-bond acceptors (Lipinski definition) is 2. The second-order valence-electron chi connectivity index (χ2n) is 9.63. The Balaban J connectivity index is 1.38. The first-order valence-electron chi connectivity index (χ1n) is 11.8. The summed E-state index contributed by atoms with van der Waals surface area (Å²) in [6.07, 6.45) is 10.6. The van der Waals surface area contributed by atoms with Crippen molar-refractivity contribution in [3.8, 4) is 0 Å². The van der Waals surface area contributed by atoms with Crippen LogP contribution in [0.15, 0.2) is 18.2 Å². The zero-order chi connectivity index (χ0) is 19.7. The van der Waals surface area contributed by atoms with Crippen molar-refractivity contribution in [1.29, 1.82) is 0 Å². The number of anilines is 1. The molecule has 1 aliphatic carbocycles. The van der Waals surface area contributed by atoms with Crippen molar-refractivity contribution in [2.45, 2.75) is 90.0 Å². The lowest BCUT2D eigenvalue weighted by Crippen LogP contribution is -2.45. The van der Waals surface area contributed by atoms with Crippen LogP contribution in [0.5, 0.6) is 0 Å². The highest BCUT2D eigenvalue weighted by Crippen LogP contribution is 2.41. The lowest BCUT2D eigenvalue weighted by atomic mass is 9.78. The van der Waals surface area contributed by atoms with Crippen LogP contribution in [0.4, 0.5) is 5.69 Å². The van der Waals surface area contributed by atoms with Crippen LogP contribution in [0.2, 0.25) is 0 Å². The second-order valence-corrected chi connectivity index (χ2v) is 9.63. The first-order chi connectivity index (χ1) is 13.6. The topological polar surface area (TPSA) is 32.3 Å². The van der Waals surface area contributed by atoms with Crippen molar-refractivity contribution < 1.29 is 4.79 Å². The molecule has 2 aliphatic heterocycles. The van der Waals surface area contributed by atoms with E-state index in [2.05, 4.69) is 49.2 Å². The number of piperidine rings is 1. The largest absolute Gasteiger partial charge is 0.325 e. The van der Waals surface area contributed by atoms with Crippen LogP contribution < -0.4 is 5.32 Å². The van der Waals surface area contributed by atoms with Crippen LogP contribution in [0.3, 0.4) is 0 Å². The van der Waals surface area contributed by atoms with Gasteiger partial charge in [0.2, 0.25) is 5.91 Å². The first-order valence-corrected chi connectivity index (χ1v) is 11.8. The Morgan fingerprint density at radius 1 is 1.11 bits per heavy atom. The van der Waals surface area contributed by atoms with Gasteiger partial charge in [-0.3, -0.25) is 4.79 Å². The summed E-state index contributed by atoms with van der Waals surface area (Å²) in [6.45, 7) is 9.32. The quantitative estimate of drug-likeness (QED) is 0.686. The number of hydrogen-bond donors (Lipinski definition) is 1. The fourth-order valence-corrected chi connectivity index (χ4v) is 6.19. The van der Waals surface area contributed by atoms with Gasteiger partial charge in [-0.05, 0) is 80.0 Å². The zero-order valence-corrected chi connectivity index (χ0v) is 18.0. The van der Waals surface area contributed by atoms with Crippen LogP contribution in [0.1, 0.15) is 95.1 Å². The lowest BCUT2D eigenvalue weighted by molar-refractivity contribution is -0.117. The van der Waals surface area contributed by atoms with E-state index in [1.54, 1.807) is 0 Å². The summed E-state index contributed by atoms with van der Waals surface area (Å²) in [7, 11) is 0. The predicted octanol–water partition coefficient (Wildman–Crippen LogP) is 5.92. The van der Waals surface area contributed by atoms with E-state index >= 15 is 0 Å². The second kappa shape index (κ2) is 8.57. The molecule has 2 heterocycles. The summed E-state index contributed by atoms with van der Waals surface area (Å²) in [6, 6.07) is 7.61. The number of rotatable bonds is 5. The molecule has 4 rings (SSSR count). The normalized spacial score (nSPS) is 33.5. The molecule has 2 fully saturated rings. The van der Waals surface area contributed by atoms with Crippen molar-refractivity contribution in [2.24, 2.45) is 11.8 Å². The number of carbonyl (C=O) groups is 1. The molecule has 1 saturated heterocycles. The van der Waals surface area contributed by atoms with Crippen molar-refractivity contribution in [2.75, 3.05) is 18.4 Å². The Hall–Kier alpha value is -1.35. The molecule has 1 saturated carbocycles. The van der Waals surface area contributed by atoms with E-state index in [9.17, 15) is 4.79 Å². The van der Waals surface area contributed by atoms with Crippen molar-refractivity contribution in [1.82, 2.24) is 4.90 Å². The number of amides is 1.